The third-order valence-corrected chi connectivity index (χ3v) is 2.14. The second-order valence-electron chi connectivity index (χ2n) is 3.95. The summed E-state index contributed by atoms with van der Waals surface area (Å²) in [4.78, 5) is 0. The van der Waals surface area contributed by atoms with Crippen molar-refractivity contribution in [2.75, 3.05) is 0 Å². The summed E-state index contributed by atoms with van der Waals surface area (Å²) in [5.41, 5.74) is 0.820. The Balaban J connectivity index is 2.91. The van der Waals surface area contributed by atoms with Gasteiger partial charge in [0, 0.05) is 6.42 Å². The van der Waals surface area contributed by atoms with Gasteiger partial charge in [-0.25, -0.2) is 0 Å². The number of phenolic OH excluding ortho intramolecular Hbond substituents is 1. The van der Waals surface area contributed by atoms with E-state index in [0.717, 1.165) is 11.1 Å². The van der Waals surface area contributed by atoms with Gasteiger partial charge in [0.05, 0.1) is 5.60 Å². The summed E-state index contributed by atoms with van der Waals surface area (Å²) in [6.45, 7) is 7.40. The van der Waals surface area contributed by atoms with Crippen LogP contribution >= 0.6 is 0 Å². The summed E-state index contributed by atoms with van der Waals surface area (Å²) < 4.78 is 0. The first-order valence-corrected chi connectivity index (χ1v) is 4.58. The van der Waals surface area contributed by atoms with E-state index < -0.39 is 5.60 Å². The molecule has 0 saturated heterocycles. The second-order valence-corrected chi connectivity index (χ2v) is 3.95. The number of aliphatic hydroxyl groups is 1. The molecule has 1 unspecified atom stereocenters. The van der Waals surface area contributed by atoms with E-state index >= 15 is 0 Å². The van der Waals surface area contributed by atoms with Gasteiger partial charge in [-0.2, -0.15) is 0 Å². The molecule has 0 spiro atoms. The Morgan fingerprint density at radius 2 is 1.86 bits per heavy atom. The molecule has 2 N–H and O–H groups in total. The Morgan fingerprint density at radius 1 is 1.36 bits per heavy atom. The maximum absolute atomic E-state index is 10.1. The summed E-state index contributed by atoms with van der Waals surface area (Å²) in [6, 6.07) is 6.58. The Bertz CT molecular complexity index is 323. The fourth-order valence-corrected chi connectivity index (χ4v) is 1.51. The quantitative estimate of drug-likeness (QED) is 0.722. The number of hydrogen-bond donors (Lipinski definition) is 2. The van der Waals surface area contributed by atoms with Gasteiger partial charge in [0.25, 0.3) is 0 Å². The Morgan fingerprint density at radius 3 is 2.29 bits per heavy atom. The molecular formula is C12H16O2. The zero-order valence-electron chi connectivity index (χ0n) is 8.62. The molecule has 0 saturated carbocycles. The first kappa shape index (κ1) is 10.8. The lowest BCUT2D eigenvalue weighted by atomic mass is 9.90. The fourth-order valence-electron chi connectivity index (χ4n) is 1.51. The van der Waals surface area contributed by atoms with Crippen LogP contribution in [0, 0.1) is 0 Å². The maximum atomic E-state index is 10.1. The molecule has 1 aromatic carbocycles. The predicted octanol–water partition coefficient (Wildman–Crippen LogP) is 2.57. The number of hydrogen-bond acceptors (Lipinski definition) is 2. The van der Waals surface area contributed by atoms with Crippen LogP contribution in [0.3, 0.4) is 0 Å². The monoisotopic (exact) mass is 192 g/mol. The van der Waals surface area contributed by atoms with Crippen LogP contribution in [0.2, 0.25) is 0 Å². The minimum absolute atomic E-state index is 0.208. The van der Waals surface area contributed by atoms with Crippen LogP contribution in [-0.2, 0) is 5.60 Å². The van der Waals surface area contributed by atoms with E-state index in [2.05, 4.69) is 6.58 Å². The zero-order chi connectivity index (χ0) is 10.8. The third kappa shape index (κ3) is 2.60. The van der Waals surface area contributed by atoms with Crippen molar-refractivity contribution in [3.05, 3.63) is 42.0 Å². The highest BCUT2D eigenvalue weighted by Gasteiger charge is 2.22. The van der Waals surface area contributed by atoms with Crippen molar-refractivity contribution in [2.45, 2.75) is 25.9 Å². The largest absolute Gasteiger partial charge is 0.508 e. The average Bonchev–Trinajstić information content (AvgIpc) is 2.02. The standard InChI is InChI=1S/C12H16O2/c1-9(2)8-12(3,14)10-4-6-11(13)7-5-10/h4-7,13-14H,1,8H2,2-3H3. The molecule has 2 heteroatoms. The molecule has 1 rings (SSSR count). The van der Waals surface area contributed by atoms with Gasteiger partial charge in [0.15, 0.2) is 0 Å². The average molecular weight is 192 g/mol. The SMILES string of the molecule is C=C(C)CC(C)(O)c1ccc(O)cc1. The van der Waals surface area contributed by atoms with Crippen molar-refractivity contribution in [1.82, 2.24) is 0 Å². The molecule has 0 aromatic heterocycles. The molecule has 0 aliphatic carbocycles. The van der Waals surface area contributed by atoms with Crippen molar-refractivity contribution in [3.63, 3.8) is 0 Å². The van der Waals surface area contributed by atoms with Gasteiger partial charge in [-0.3, -0.25) is 0 Å². The zero-order valence-corrected chi connectivity index (χ0v) is 8.62. The molecular weight excluding hydrogens is 176 g/mol. The lowest BCUT2D eigenvalue weighted by molar-refractivity contribution is 0.0577. The first-order valence-electron chi connectivity index (χ1n) is 4.58. The second kappa shape index (κ2) is 3.84. The van der Waals surface area contributed by atoms with Crippen LogP contribution in [0.15, 0.2) is 36.4 Å². The topological polar surface area (TPSA) is 40.5 Å². The van der Waals surface area contributed by atoms with E-state index in [4.69, 9.17) is 5.11 Å². The minimum Gasteiger partial charge on any atom is -0.508 e. The van der Waals surface area contributed by atoms with Crippen LogP contribution in [0.1, 0.15) is 25.8 Å². The highest BCUT2D eigenvalue weighted by atomic mass is 16.3. The van der Waals surface area contributed by atoms with Crippen molar-refractivity contribution in [2.24, 2.45) is 0 Å². The lowest BCUT2D eigenvalue weighted by Crippen LogP contribution is -2.21. The summed E-state index contributed by atoms with van der Waals surface area (Å²) in [5.74, 6) is 0.208. The molecule has 0 bridgehead atoms. The molecule has 0 radical (unpaired) electrons. The summed E-state index contributed by atoms with van der Waals surface area (Å²) in [6.07, 6.45) is 0.526. The minimum atomic E-state index is -0.903. The Labute approximate surface area is 84.5 Å². The fraction of sp³-hybridized carbons (Fsp3) is 0.333. The maximum Gasteiger partial charge on any atom is 0.115 e. The van der Waals surface area contributed by atoms with Gasteiger partial charge in [-0.05, 0) is 31.5 Å². The first-order chi connectivity index (χ1) is 6.42. The van der Waals surface area contributed by atoms with Gasteiger partial charge in [0.2, 0.25) is 0 Å². The van der Waals surface area contributed by atoms with Gasteiger partial charge < -0.3 is 10.2 Å². The van der Waals surface area contributed by atoms with E-state index in [-0.39, 0.29) is 5.75 Å². The molecule has 1 aromatic rings. The molecule has 0 aliphatic heterocycles. The number of aromatic hydroxyl groups is 1. The highest BCUT2D eigenvalue weighted by molar-refractivity contribution is 5.30. The predicted molar refractivity (Wildman–Crippen MR) is 57.1 cm³/mol. The van der Waals surface area contributed by atoms with Crippen LogP contribution in [-0.4, -0.2) is 10.2 Å². The van der Waals surface area contributed by atoms with Crippen molar-refractivity contribution >= 4 is 0 Å². The number of phenols is 1. The summed E-state index contributed by atoms with van der Waals surface area (Å²) in [5, 5.41) is 19.2. The molecule has 14 heavy (non-hydrogen) atoms. The van der Waals surface area contributed by atoms with Crippen LogP contribution in [0.4, 0.5) is 0 Å². The van der Waals surface area contributed by atoms with Crippen molar-refractivity contribution in [1.29, 1.82) is 0 Å². The molecule has 0 aliphatic rings. The van der Waals surface area contributed by atoms with Crippen molar-refractivity contribution < 1.29 is 10.2 Å². The summed E-state index contributed by atoms with van der Waals surface area (Å²) in [7, 11) is 0. The van der Waals surface area contributed by atoms with E-state index in [1.807, 2.05) is 6.92 Å². The molecule has 0 heterocycles. The molecule has 0 fully saturated rings. The van der Waals surface area contributed by atoms with Crippen molar-refractivity contribution in [3.8, 4) is 5.75 Å². The van der Waals surface area contributed by atoms with Gasteiger partial charge >= 0.3 is 0 Å². The van der Waals surface area contributed by atoms with Crippen LogP contribution in [0.5, 0.6) is 5.75 Å². The van der Waals surface area contributed by atoms with Gasteiger partial charge in [-0.1, -0.05) is 17.7 Å². The lowest BCUT2D eigenvalue weighted by Gasteiger charge is -2.23. The van der Waals surface area contributed by atoms with E-state index in [0.29, 0.717) is 6.42 Å². The van der Waals surface area contributed by atoms with Crippen LogP contribution < -0.4 is 0 Å². The molecule has 76 valence electrons. The number of rotatable bonds is 3. The van der Waals surface area contributed by atoms with E-state index in [1.54, 1.807) is 31.2 Å². The van der Waals surface area contributed by atoms with E-state index in [9.17, 15) is 5.11 Å². The summed E-state index contributed by atoms with van der Waals surface area (Å²) >= 11 is 0. The Kier molecular flexibility index (Phi) is 2.96. The van der Waals surface area contributed by atoms with Gasteiger partial charge in [-0.15, -0.1) is 6.58 Å². The van der Waals surface area contributed by atoms with E-state index in [1.165, 1.54) is 0 Å². The molecule has 2 nitrogen and oxygen atoms in total. The molecule has 1 atom stereocenters. The van der Waals surface area contributed by atoms with Crippen LogP contribution in [0.25, 0.3) is 0 Å². The van der Waals surface area contributed by atoms with Gasteiger partial charge in [0.1, 0.15) is 5.75 Å². The number of benzene rings is 1. The molecule has 0 amide bonds. The highest BCUT2D eigenvalue weighted by Crippen LogP contribution is 2.28. The normalized spacial score (nSPS) is 14.8. The smallest absolute Gasteiger partial charge is 0.115 e. The third-order valence-electron chi connectivity index (χ3n) is 2.14. The Hall–Kier alpha value is -1.28.